The lowest BCUT2D eigenvalue weighted by Crippen LogP contribution is -2.57. The molecule has 0 radical (unpaired) electrons. The lowest BCUT2D eigenvalue weighted by atomic mass is 9.88. The maximum absolute atomic E-state index is 9.88. The maximum Gasteiger partial charge on any atom is 0.0898 e. The first kappa shape index (κ1) is 17.8. The molecular formula is C14H29NO5. The van der Waals surface area contributed by atoms with Crippen LogP contribution in [-0.2, 0) is 4.74 Å². The van der Waals surface area contributed by atoms with E-state index in [9.17, 15) is 5.11 Å². The van der Waals surface area contributed by atoms with Crippen LogP contribution < -0.4 is 5.32 Å². The van der Waals surface area contributed by atoms with Gasteiger partial charge < -0.3 is 30.5 Å². The zero-order valence-corrected chi connectivity index (χ0v) is 12.3. The third kappa shape index (κ3) is 5.27. The van der Waals surface area contributed by atoms with Gasteiger partial charge in [0.2, 0.25) is 0 Å². The van der Waals surface area contributed by atoms with E-state index in [0.29, 0.717) is 5.92 Å². The number of rotatable bonds is 9. The van der Waals surface area contributed by atoms with Crippen molar-refractivity contribution in [1.29, 1.82) is 0 Å². The average Bonchev–Trinajstić information content (AvgIpc) is 2.48. The van der Waals surface area contributed by atoms with Crippen molar-refractivity contribution >= 4 is 0 Å². The van der Waals surface area contributed by atoms with Crippen LogP contribution in [0.25, 0.3) is 0 Å². The van der Waals surface area contributed by atoms with Gasteiger partial charge in [0.05, 0.1) is 44.2 Å². The van der Waals surface area contributed by atoms with Gasteiger partial charge in [-0.05, 0) is 18.8 Å². The first-order valence-electron chi connectivity index (χ1n) is 7.44. The predicted molar refractivity (Wildman–Crippen MR) is 75.4 cm³/mol. The van der Waals surface area contributed by atoms with Gasteiger partial charge in [-0.1, -0.05) is 19.8 Å². The Bertz CT molecular complexity index is 252. The molecule has 1 fully saturated rings. The zero-order valence-electron chi connectivity index (χ0n) is 12.3. The fourth-order valence-corrected chi connectivity index (χ4v) is 2.48. The second-order valence-corrected chi connectivity index (χ2v) is 5.92. The van der Waals surface area contributed by atoms with E-state index < -0.39 is 31.5 Å². The normalized spacial score (nSPS) is 25.6. The summed E-state index contributed by atoms with van der Waals surface area (Å²) >= 11 is 0. The lowest BCUT2D eigenvalue weighted by molar-refractivity contribution is -0.0499. The molecule has 0 saturated heterocycles. The van der Waals surface area contributed by atoms with Crippen LogP contribution in [0.3, 0.4) is 0 Å². The van der Waals surface area contributed by atoms with Crippen molar-refractivity contribution in [2.45, 2.75) is 50.4 Å². The van der Waals surface area contributed by atoms with Crippen LogP contribution in [0, 0.1) is 5.92 Å². The van der Waals surface area contributed by atoms with Gasteiger partial charge in [0.1, 0.15) is 0 Å². The molecule has 6 nitrogen and oxygen atoms in total. The highest BCUT2D eigenvalue weighted by Crippen LogP contribution is 2.26. The number of ether oxygens (including phenoxy) is 1. The number of hydrogen-bond donors (Lipinski definition) is 5. The molecule has 0 heterocycles. The van der Waals surface area contributed by atoms with E-state index in [1.807, 2.05) is 0 Å². The SMILES string of the molecule is CC1CCCCC1OCC(O)CNC(CO)(CO)CO. The number of β-amino-alcohol motifs (C(OH)–C–C–N with tert-alkyl or cyclic N) is 1. The Kier molecular flexibility index (Phi) is 7.94. The number of hydrogen-bond acceptors (Lipinski definition) is 6. The van der Waals surface area contributed by atoms with Gasteiger partial charge in [0.15, 0.2) is 0 Å². The smallest absolute Gasteiger partial charge is 0.0898 e. The minimum atomic E-state index is -1.15. The Labute approximate surface area is 120 Å². The Hall–Kier alpha value is -0.240. The first-order valence-corrected chi connectivity index (χ1v) is 7.44. The Morgan fingerprint density at radius 2 is 1.75 bits per heavy atom. The predicted octanol–water partition coefficient (Wildman–Crippen LogP) is -0.752. The molecule has 0 spiro atoms. The zero-order chi connectivity index (χ0) is 15.0. The van der Waals surface area contributed by atoms with Crippen LogP contribution >= 0.6 is 0 Å². The summed E-state index contributed by atoms with van der Waals surface area (Å²) in [4.78, 5) is 0. The fraction of sp³-hybridized carbons (Fsp3) is 1.00. The van der Waals surface area contributed by atoms with E-state index in [2.05, 4.69) is 12.2 Å². The molecule has 0 aliphatic heterocycles. The molecule has 5 N–H and O–H groups in total. The molecule has 0 bridgehead atoms. The van der Waals surface area contributed by atoms with Crippen LogP contribution in [0.5, 0.6) is 0 Å². The summed E-state index contributed by atoms with van der Waals surface area (Å²) in [6.07, 6.45) is 4.10. The molecule has 1 rings (SSSR count). The van der Waals surface area contributed by atoms with Crippen LogP contribution in [0.4, 0.5) is 0 Å². The summed E-state index contributed by atoms with van der Waals surface area (Å²) in [5, 5.41) is 40.2. The highest BCUT2D eigenvalue weighted by molar-refractivity contribution is 4.87. The van der Waals surface area contributed by atoms with E-state index in [0.717, 1.165) is 6.42 Å². The number of aliphatic hydroxyl groups is 4. The molecule has 0 aromatic heterocycles. The second-order valence-electron chi connectivity index (χ2n) is 5.92. The lowest BCUT2D eigenvalue weighted by Gasteiger charge is -2.32. The van der Waals surface area contributed by atoms with Crippen LogP contribution in [0.15, 0.2) is 0 Å². The molecule has 0 aromatic carbocycles. The molecule has 0 amide bonds. The minimum absolute atomic E-state index is 0.156. The topological polar surface area (TPSA) is 102 Å². The summed E-state index contributed by atoms with van der Waals surface area (Å²) < 4.78 is 5.75. The quantitative estimate of drug-likeness (QED) is 0.383. The van der Waals surface area contributed by atoms with Gasteiger partial charge in [-0.25, -0.2) is 0 Å². The molecule has 1 aliphatic rings. The molecule has 3 unspecified atom stereocenters. The summed E-state index contributed by atoms with van der Waals surface area (Å²) in [5.74, 6) is 0.523. The Morgan fingerprint density at radius 3 is 2.30 bits per heavy atom. The summed E-state index contributed by atoms with van der Waals surface area (Å²) in [5.41, 5.74) is -1.15. The first-order chi connectivity index (χ1) is 9.56. The van der Waals surface area contributed by atoms with Gasteiger partial charge in [-0.15, -0.1) is 0 Å². The molecule has 1 aliphatic carbocycles. The van der Waals surface area contributed by atoms with Crippen molar-refractivity contribution in [3.63, 3.8) is 0 Å². The van der Waals surface area contributed by atoms with Crippen LogP contribution in [0.1, 0.15) is 32.6 Å². The van der Waals surface area contributed by atoms with Gasteiger partial charge in [0.25, 0.3) is 0 Å². The highest BCUT2D eigenvalue weighted by atomic mass is 16.5. The van der Waals surface area contributed by atoms with Crippen molar-refractivity contribution in [3.8, 4) is 0 Å². The molecule has 20 heavy (non-hydrogen) atoms. The standard InChI is InChI=1S/C14H29NO5/c1-11-4-2-3-5-13(11)20-7-12(19)6-15-14(8-16,9-17)10-18/h11-13,15-19H,2-10H2,1H3. The highest BCUT2D eigenvalue weighted by Gasteiger charge is 2.28. The monoisotopic (exact) mass is 291 g/mol. The fourth-order valence-electron chi connectivity index (χ4n) is 2.48. The Morgan fingerprint density at radius 1 is 1.15 bits per heavy atom. The van der Waals surface area contributed by atoms with Gasteiger partial charge in [-0.3, -0.25) is 0 Å². The molecule has 120 valence electrons. The Balaban J connectivity index is 2.27. The summed E-state index contributed by atoms with van der Waals surface area (Å²) in [6, 6.07) is 0. The molecule has 0 aromatic rings. The van der Waals surface area contributed by atoms with Gasteiger partial charge in [-0.2, -0.15) is 0 Å². The van der Waals surface area contributed by atoms with Crippen LogP contribution in [0.2, 0.25) is 0 Å². The number of aliphatic hydroxyl groups excluding tert-OH is 4. The van der Waals surface area contributed by atoms with Crippen molar-refractivity contribution in [3.05, 3.63) is 0 Å². The van der Waals surface area contributed by atoms with E-state index in [1.165, 1.54) is 19.3 Å². The third-order valence-corrected chi connectivity index (χ3v) is 4.16. The summed E-state index contributed by atoms with van der Waals surface area (Å²) in [7, 11) is 0. The van der Waals surface area contributed by atoms with Crippen molar-refractivity contribution in [2.24, 2.45) is 5.92 Å². The molecule has 6 heteroatoms. The van der Waals surface area contributed by atoms with E-state index in [-0.39, 0.29) is 19.3 Å². The van der Waals surface area contributed by atoms with Crippen molar-refractivity contribution in [1.82, 2.24) is 5.32 Å². The molecule has 3 atom stereocenters. The van der Waals surface area contributed by atoms with E-state index in [1.54, 1.807) is 0 Å². The minimum Gasteiger partial charge on any atom is -0.394 e. The second kappa shape index (κ2) is 8.92. The molecular weight excluding hydrogens is 262 g/mol. The van der Waals surface area contributed by atoms with E-state index >= 15 is 0 Å². The van der Waals surface area contributed by atoms with Crippen molar-refractivity contribution < 1.29 is 25.2 Å². The average molecular weight is 291 g/mol. The third-order valence-electron chi connectivity index (χ3n) is 4.16. The van der Waals surface area contributed by atoms with Gasteiger partial charge >= 0.3 is 0 Å². The van der Waals surface area contributed by atoms with Crippen LogP contribution in [-0.4, -0.2) is 71.1 Å². The maximum atomic E-state index is 9.88. The number of nitrogens with one attached hydrogen (secondary N) is 1. The van der Waals surface area contributed by atoms with Gasteiger partial charge in [0, 0.05) is 6.54 Å². The largest absolute Gasteiger partial charge is 0.394 e. The summed E-state index contributed by atoms with van der Waals surface area (Å²) in [6.45, 7) is 1.36. The molecule has 1 saturated carbocycles. The van der Waals surface area contributed by atoms with Crippen molar-refractivity contribution in [2.75, 3.05) is 33.0 Å². The van der Waals surface area contributed by atoms with E-state index in [4.69, 9.17) is 20.1 Å².